The van der Waals surface area contributed by atoms with Crippen LogP contribution in [0.3, 0.4) is 0 Å². The van der Waals surface area contributed by atoms with Crippen LogP contribution in [0.4, 0.5) is 0 Å². The molecule has 0 aromatic heterocycles. The van der Waals surface area contributed by atoms with Gasteiger partial charge < -0.3 is 4.74 Å². The third kappa shape index (κ3) is 3.47. The number of ether oxygens (including phenoxy) is 1. The summed E-state index contributed by atoms with van der Waals surface area (Å²) in [7, 11) is 1.66. The lowest BCUT2D eigenvalue weighted by Gasteiger charge is -2.19. The fraction of sp³-hybridized carbons (Fsp3) is 0.143. The van der Waals surface area contributed by atoms with Crippen molar-refractivity contribution in [2.45, 2.75) is 6.04 Å². The van der Waals surface area contributed by atoms with E-state index in [9.17, 15) is 0 Å². The molecule has 0 spiro atoms. The third-order valence-electron chi connectivity index (χ3n) is 2.88. The van der Waals surface area contributed by atoms with Crippen LogP contribution in [0, 0.1) is 3.57 Å². The van der Waals surface area contributed by atoms with Gasteiger partial charge in [0.05, 0.1) is 13.2 Å². The smallest absolute Gasteiger partial charge is 0.118 e. The number of hydrogen-bond acceptors (Lipinski definition) is 3. The van der Waals surface area contributed by atoms with Gasteiger partial charge in [0.2, 0.25) is 0 Å². The van der Waals surface area contributed by atoms with E-state index in [0.717, 1.165) is 21.3 Å². The van der Waals surface area contributed by atoms with Gasteiger partial charge >= 0.3 is 0 Å². The quantitative estimate of drug-likeness (QED) is 0.440. The van der Waals surface area contributed by atoms with E-state index >= 15 is 0 Å². The molecule has 0 aliphatic rings. The van der Waals surface area contributed by atoms with Gasteiger partial charge in [-0.2, -0.15) is 0 Å². The summed E-state index contributed by atoms with van der Waals surface area (Å²) in [5.41, 5.74) is 5.11. The Kier molecular flexibility index (Phi) is 5.20. The van der Waals surface area contributed by atoms with Crippen LogP contribution in [0.25, 0.3) is 0 Å². The second kappa shape index (κ2) is 6.69. The molecular formula is C14H14BrIN2O. The van der Waals surface area contributed by atoms with Crippen molar-refractivity contribution >= 4 is 38.5 Å². The molecule has 0 aliphatic carbocycles. The number of methoxy groups -OCH3 is 1. The lowest BCUT2D eigenvalue weighted by molar-refractivity contribution is 0.414. The van der Waals surface area contributed by atoms with Crippen LogP contribution in [0.15, 0.2) is 46.9 Å². The maximum Gasteiger partial charge on any atom is 0.118 e. The zero-order valence-electron chi connectivity index (χ0n) is 10.4. The largest absolute Gasteiger partial charge is 0.497 e. The van der Waals surface area contributed by atoms with Gasteiger partial charge in [-0.15, -0.1) is 0 Å². The van der Waals surface area contributed by atoms with Gasteiger partial charge in [-0.25, -0.2) is 5.43 Å². The minimum atomic E-state index is -0.0460. The van der Waals surface area contributed by atoms with Gasteiger partial charge in [-0.3, -0.25) is 5.84 Å². The Labute approximate surface area is 134 Å². The van der Waals surface area contributed by atoms with Gasteiger partial charge in [-0.05, 0) is 64.0 Å². The second-order valence-electron chi connectivity index (χ2n) is 4.04. The minimum absolute atomic E-state index is 0.0460. The summed E-state index contributed by atoms with van der Waals surface area (Å²) < 4.78 is 7.38. The molecule has 2 aromatic carbocycles. The number of hydrazine groups is 1. The number of halogens is 2. The van der Waals surface area contributed by atoms with Crippen LogP contribution >= 0.6 is 38.5 Å². The van der Waals surface area contributed by atoms with Crippen molar-refractivity contribution in [2.24, 2.45) is 5.84 Å². The molecule has 1 unspecified atom stereocenters. The Hall–Kier alpha value is -0.630. The maximum absolute atomic E-state index is 5.73. The zero-order valence-corrected chi connectivity index (χ0v) is 14.1. The van der Waals surface area contributed by atoms with Gasteiger partial charge in [-0.1, -0.05) is 28.1 Å². The molecule has 0 heterocycles. The summed E-state index contributed by atoms with van der Waals surface area (Å²) in [4.78, 5) is 0. The molecule has 19 heavy (non-hydrogen) atoms. The average molecular weight is 433 g/mol. The van der Waals surface area contributed by atoms with Gasteiger partial charge in [0.1, 0.15) is 5.75 Å². The van der Waals surface area contributed by atoms with Gasteiger partial charge in [0, 0.05) is 8.04 Å². The normalized spacial score (nSPS) is 12.2. The van der Waals surface area contributed by atoms with Crippen molar-refractivity contribution < 1.29 is 4.74 Å². The van der Waals surface area contributed by atoms with Crippen LogP contribution in [0.5, 0.6) is 5.75 Å². The molecule has 0 aliphatic heterocycles. The van der Waals surface area contributed by atoms with E-state index in [1.165, 1.54) is 3.57 Å². The Morgan fingerprint density at radius 1 is 1.21 bits per heavy atom. The topological polar surface area (TPSA) is 47.3 Å². The van der Waals surface area contributed by atoms with Crippen molar-refractivity contribution in [2.75, 3.05) is 7.11 Å². The van der Waals surface area contributed by atoms with E-state index in [0.29, 0.717) is 0 Å². The number of hydrogen-bond donors (Lipinski definition) is 2. The van der Waals surface area contributed by atoms with Crippen molar-refractivity contribution in [3.05, 3.63) is 61.6 Å². The molecule has 3 N–H and O–H groups in total. The average Bonchev–Trinajstić information content (AvgIpc) is 2.44. The number of nitrogens with two attached hydrogens (primary N) is 1. The molecule has 0 radical (unpaired) electrons. The highest BCUT2D eigenvalue weighted by Gasteiger charge is 2.15. The molecule has 2 rings (SSSR count). The van der Waals surface area contributed by atoms with Crippen LogP contribution in [-0.2, 0) is 0 Å². The second-order valence-corrected chi connectivity index (χ2v) is 6.12. The predicted octanol–water partition coefficient (Wildman–Crippen LogP) is 3.62. The van der Waals surface area contributed by atoms with E-state index < -0.39 is 0 Å². The van der Waals surface area contributed by atoms with Crippen molar-refractivity contribution in [1.82, 2.24) is 5.43 Å². The summed E-state index contributed by atoms with van der Waals surface area (Å²) in [6.07, 6.45) is 0. The molecule has 0 saturated heterocycles. The first-order valence-corrected chi connectivity index (χ1v) is 7.58. The monoisotopic (exact) mass is 432 g/mol. The maximum atomic E-state index is 5.73. The number of rotatable bonds is 4. The minimum Gasteiger partial charge on any atom is -0.497 e. The molecule has 3 nitrogen and oxygen atoms in total. The van der Waals surface area contributed by atoms with Gasteiger partial charge in [0.25, 0.3) is 0 Å². The van der Waals surface area contributed by atoms with Crippen LogP contribution < -0.4 is 16.0 Å². The Morgan fingerprint density at radius 3 is 2.47 bits per heavy atom. The summed E-state index contributed by atoms with van der Waals surface area (Å²) in [6.45, 7) is 0. The lowest BCUT2D eigenvalue weighted by Crippen LogP contribution is -2.29. The first-order valence-electron chi connectivity index (χ1n) is 5.70. The molecule has 2 aromatic rings. The fourth-order valence-corrected chi connectivity index (χ4v) is 2.92. The standard InChI is InChI=1S/C14H14BrIN2O/c1-19-11-5-2-9(3-6-11)14(18-17)12-8-10(15)4-7-13(12)16/h2-8,14,18H,17H2,1H3. The van der Waals surface area contributed by atoms with Crippen LogP contribution in [0.1, 0.15) is 17.2 Å². The molecular weight excluding hydrogens is 419 g/mol. The molecule has 0 bridgehead atoms. The molecule has 5 heteroatoms. The molecule has 100 valence electrons. The Balaban J connectivity index is 2.40. The SMILES string of the molecule is COc1ccc(C(NN)c2cc(Br)ccc2I)cc1. The molecule has 0 amide bonds. The first kappa shape index (κ1) is 14.8. The summed E-state index contributed by atoms with van der Waals surface area (Å²) in [5.74, 6) is 6.56. The van der Waals surface area contributed by atoms with E-state index in [-0.39, 0.29) is 6.04 Å². The van der Waals surface area contributed by atoms with Crippen molar-refractivity contribution in [3.8, 4) is 5.75 Å². The van der Waals surface area contributed by atoms with E-state index in [1.807, 2.05) is 30.3 Å². The Bertz CT molecular complexity index is 560. The number of nitrogens with one attached hydrogen (secondary N) is 1. The van der Waals surface area contributed by atoms with E-state index in [4.69, 9.17) is 10.6 Å². The summed E-state index contributed by atoms with van der Waals surface area (Å²) in [5, 5.41) is 0. The predicted molar refractivity (Wildman–Crippen MR) is 89.0 cm³/mol. The summed E-state index contributed by atoms with van der Waals surface area (Å²) in [6, 6.07) is 14.0. The molecule has 1 atom stereocenters. The van der Waals surface area contributed by atoms with Crippen molar-refractivity contribution in [3.63, 3.8) is 0 Å². The van der Waals surface area contributed by atoms with E-state index in [2.05, 4.69) is 56.1 Å². The van der Waals surface area contributed by atoms with Gasteiger partial charge in [0.15, 0.2) is 0 Å². The number of benzene rings is 2. The fourth-order valence-electron chi connectivity index (χ4n) is 1.90. The highest BCUT2D eigenvalue weighted by molar-refractivity contribution is 14.1. The highest BCUT2D eigenvalue weighted by atomic mass is 127. The van der Waals surface area contributed by atoms with Crippen molar-refractivity contribution in [1.29, 1.82) is 0 Å². The summed E-state index contributed by atoms with van der Waals surface area (Å²) >= 11 is 5.81. The molecule has 0 fully saturated rings. The first-order chi connectivity index (χ1) is 9.15. The Morgan fingerprint density at radius 2 is 1.89 bits per heavy atom. The van der Waals surface area contributed by atoms with Crippen LogP contribution in [-0.4, -0.2) is 7.11 Å². The van der Waals surface area contributed by atoms with Crippen LogP contribution in [0.2, 0.25) is 0 Å². The third-order valence-corrected chi connectivity index (χ3v) is 4.36. The highest BCUT2D eigenvalue weighted by Crippen LogP contribution is 2.29. The van der Waals surface area contributed by atoms with E-state index in [1.54, 1.807) is 7.11 Å². The zero-order chi connectivity index (χ0) is 13.8. The lowest BCUT2D eigenvalue weighted by atomic mass is 9.99. The molecule has 0 saturated carbocycles.